The number of anilines is 1. The SMILES string of the molecule is CCc1cc(NC(c2ccccc2)c2cccc(S(C)(=O)=O)c2)nc(-c2ccncc2)n1. The van der Waals surface area contributed by atoms with Crippen LogP contribution in [0.15, 0.2) is 90.1 Å². The van der Waals surface area contributed by atoms with E-state index < -0.39 is 9.84 Å². The number of hydrogen-bond acceptors (Lipinski definition) is 6. The zero-order valence-corrected chi connectivity index (χ0v) is 18.8. The summed E-state index contributed by atoms with van der Waals surface area (Å²) in [6.07, 6.45) is 5.41. The molecule has 4 aromatic rings. The van der Waals surface area contributed by atoms with E-state index in [9.17, 15) is 8.42 Å². The fourth-order valence-corrected chi connectivity index (χ4v) is 4.14. The molecule has 0 saturated heterocycles. The number of benzene rings is 2. The van der Waals surface area contributed by atoms with Crippen molar-refractivity contribution in [3.8, 4) is 11.4 Å². The van der Waals surface area contributed by atoms with Gasteiger partial charge in [0.15, 0.2) is 15.7 Å². The summed E-state index contributed by atoms with van der Waals surface area (Å²) in [5.41, 5.74) is 3.63. The molecule has 0 saturated carbocycles. The summed E-state index contributed by atoms with van der Waals surface area (Å²) in [6.45, 7) is 2.05. The predicted octanol–water partition coefficient (Wildman–Crippen LogP) is 4.71. The molecule has 0 amide bonds. The van der Waals surface area contributed by atoms with Crippen LogP contribution in [0.25, 0.3) is 11.4 Å². The first-order valence-electron chi connectivity index (χ1n) is 10.3. The first kappa shape index (κ1) is 21.6. The number of nitrogens with one attached hydrogen (secondary N) is 1. The van der Waals surface area contributed by atoms with Crippen LogP contribution in [0.1, 0.15) is 29.8 Å². The number of hydrogen-bond donors (Lipinski definition) is 1. The van der Waals surface area contributed by atoms with Crippen LogP contribution in [0.2, 0.25) is 0 Å². The maximum Gasteiger partial charge on any atom is 0.175 e. The van der Waals surface area contributed by atoms with Gasteiger partial charge in [0.05, 0.1) is 10.9 Å². The Balaban J connectivity index is 1.79. The van der Waals surface area contributed by atoms with E-state index in [4.69, 9.17) is 4.98 Å². The molecule has 0 radical (unpaired) electrons. The zero-order valence-electron chi connectivity index (χ0n) is 17.9. The first-order valence-corrected chi connectivity index (χ1v) is 12.2. The number of aromatic nitrogens is 3. The van der Waals surface area contributed by atoms with E-state index in [0.29, 0.717) is 11.6 Å². The van der Waals surface area contributed by atoms with Gasteiger partial charge in [-0.15, -0.1) is 0 Å². The third-order valence-corrected chi connectivity index (χ3v) is 6.23. The lowest BCUT2D eigenvalue weighted by molar-refractivity contribution is 0.601. The molecule has 0 aliphatic carbocycles. The standard InChI is InChI=1S/C25H24N4O2S/c1-3-21-17-23(29-25(27-21)19-12-14-26-15-13-19)28-24(18-8-5-4-6-9-18)20-10-7-11-22(16-20)32(2,30)31/h4-17,24H,3H2,1-2H3,(H,27,28,29). The number of rotatable bonds is 7. The minimum Gasteiger partial charge on any atom is -0.359 e. The Morgan fingerprint density at radius 1 is 0.875 bits per heavy atom. The molecule has 2 aromatic heterocycles. The van der Waals surface area contributed by atoms with Crippen LogP contribution in [-0.2, 0) is 16.3 Å². The normalized spacial score (nSPS) is 12.3. The Morgan fingerprint density at radius 2 is 1.59 bits per heavy atom. The van der Waals surface area contributed by atoms with E-state index in [-0.39, 0.29) is 10.9 Å². The second-order valence-electron chi connectivity index (χ2n) is 7.49. The van der Waals surface area contributed by atoms with Crippen molar-refractivity contribution >= 4 is 15.7 Å². The minimum absolute atomic E-state index is 0.284. The topological polar surface area (TPSA) is 84.8 Å². The van der Waals surface area contributed by atoms with Gasteiger partial charge in [0.2, 0.25) is 0 Å². The van der Waals surface area contributed by atoms with Gasteiger partial charge in [-0.2, -0.15) is 0 Å². The van der Waals surface area contributed by atoms with Crippen LogP contribution in [0, 0.1) is 0 Å². The van der Waals surface area contributed by atoms with Gasteiger partial charge in [0, 0.05) is 36.0 Å². The molecule has 2 heterocycles. The van der Waals surface area contributed by atoms with Gasteiger partial charge in [0.1, 0.15) is 5.82 Å². The Kier molecular flexibility index (Phi) is 6.28. The summed E-state index contributed by atoms with van der Waals surface area (Å²) >= 11 is 0. The van der Waals surface area contributed by atoms with Crippen molar-refractivity contribution in [1.82, 2.24) is 15.0 Å². The molecule has 1 N–H and O–H groups in total. The molecule has 32 heavy (non-hydrogen) atoms. The summed E-state index contributed by atoms with van der Waals surface area (Å²) in [4.78, 5) is 13.8. The van der Waals surface area contributed by atoms with E-state index in [0.717, 1.165) is 28.8 Å². The van der Waals surface area contributed by atoms with Gasteiger partial charge in [0.25, 0.3) is 0 Å². The van der Waals surface area contributed by atoms with Gasteiger partial charge < -0.3 is 5.32 Å². The smallest absolute Gasteiger partial charge is 0.175 e. The van der Waals surface area contributed by atoms with Crippen molar-refractivity contribution in [3.05, 3.63) is 102 Å². The van der Waals surface area contributed by atoms with Gasteiger partial charge in [-0.05, 0) is 41.8 Å². The van der Waals surface area contributed by atoms with E-state index in [1.165, 1.54) is 6.26 Å². The Hall–Kier alpha value is -3.58. The van der Waals surface area contributed by atoms with E-state index >= 15 is 0 Å². The van der Waals surface area contributed by atoms with Crippen LogP contribution in [-0.4, -0.2) is 29.6 Å². The van der Waals surface area contributed by atoms with Gasteiger partial charge in [-0.3, -0.25) is 4.98 Å². The molecule has 2 aromatic carbocycles. The monoisotopic (exact) mass is 444 g/mol. The Labute approximate surface area is 188 Å². The molecule has 7 heteroatoms. The quantitative estimate of drug-likeness (QED) is 0.445. The van der Waals surface area contributed by atoms with Gasteiger partial charge in [-0.25, -0.2) is 18.4 Å². The highest BCUT2D eigenvalue weighted by atomic mass is 32.2. The van der Waals surface area contributed by atoms with Gasteiger partial charge >= 0.3 is 0 Å². The second kappa shape index (κ2) is 9.28. The Morgan fingerprint density at radius 3 is 2.28 bits per heavy atom. The van der Waals surface area contributed by atoms with Crippen LogP contribution >= 0.6 is 0 Å². The third kappa shape index (κ3) is 5.00. The van der Waals surface area contributed by atoms with E-state index in [2.05, 4.69) is 15.3 Å². The number of pyridine rings is 1. The molecule has 0 aliphatic rings. The lowest BCUT2D eigenvalue weighted by Crippen LogP contribution is -2.15. The predicted molar refractivity (Wildman–Crippen MR) is 126 cm³/mol. The minimum atomic E-state index is -3.33. The summed E-state index contributed by atoms with van der Waals surface area (Å²) in [5, 5.41) is 3.51. The molecule has 1 atom stereocenters. The summed E-state index contributed by atoms with van der Waals surface area (Å²) in [7, 11) is -3.33. The molecule has 0 aliphatic heterocycles. The molecular weight excluding hydrogens is 420 g/mol. The number of aryl methyl sites for hydroxylation is 1. The maximum absolute atomic E-state index is 12.1. The molecule has 0 bridgehead atoms. The van der Waals surface area contributed by atoms with Gasteiger partial charge in [-0.1, -0.05) is 49.4 Å². The van der Waals surface area contributed by atoms with E-state index in [1.807, 2.05) is 61.5 Å². The van der Waals surface area contributed by atoms with Crippen molar-refractivity contribution in [2.45, 2.75) is 24.3 Å². The van der Waals surface area contributed by atoms with Crippen LogP contribution < -0.4 is 5.32 Å². The average molecular weight is 445 g/mol. The fraction of sp³-hybridized carbons (Fsp3) is 0.160. The first-order chi connectivity index (χ1) is 15.4. The molecule has 0 fully saturated rings. The highest BCUT2D eigenvalue weighted by Gasteiger charge is 2.18. The summed E-state index contributed by atoms with van der Waals surface area (Å²) in [5.74, 6) is 1.29. The van der Waals surface area contributed by atoms with Crippen molar-refractivity contribution in [2.75, 3.05) is 11.6 Å². The third-order valence-electron chi connectivity index (χ3n) is 5.12. The lowest BCUT2D eigenvalue weighted by Gasteiger charge is -2.22. The molecule has 4 rings (SSSR count). The summed E-state index contributed by atoms with van der Waals surface area (Å²) in [6, 6.07) is 22.3. The molecule has 0 spiro atoms. The van der Waals surface area contributed by atoms with Crippen molar-refractivity contribution in [3.63, 3.8) is 0 Å². The van der Waals surface area contributed by atoms with Crippen LogP contribution in [0.5, 0.6) is 0 Å². The lowest BCUT2D eigenvalue weighted by atomic mass is 9.98. The zero-order chi connectivity index (χ0) is 22.6. The Bertz CT molecular complexity index is 1310. The highest BCUT2D eigenvalue weighted by molar-refractivity contribution is 7.90. The van der Waals surface area contributed by atoms with Crippen molar-refractivity contribution in [2.24, 2.45) is 0 Å². The molecule has 6 nitrogen and oxygen atoms in total. The van der Waals surface area contributed by atoms with Crippen LogP contribution in [0.4, 0.5) is 5.82 Å². The van der Waals surface area contributed by atoms with Crippen LogP contribution in [0.3, 0.4) is 0 Å². The molecule has 1 unspecified atom stereocenters. The second-order valence-corrected chi connectivity index (χ2v) is 9.51. The number of sulfone groups is 1. The average Bonchev–Trinajstić information content (AvgIpc) is 2.83. The van der Waals surface area contributed by atoms with Crippen molar-refractivity contribution < 1.29 is 8.42 Å². The van der Waals surface area contributed by atoms with E-state index in [1.54, 1.807) is 30.6 Å². The van der Waals surface area contributed by atoms with Crippen molar-refractivity contribution in [1.29, 1.82) is 0 Å². The molecule has 162 valence electrons. The highest BCUT2D eigenvalue weighted by Crippen LogP contribution is 2.29. The maximum atomic E-state index is 12.1. The fourth-order valence-electron chi connectivity index (χ4n) is 3.46. The molecular formula is C25H24N4O2S. The largest absolute Gasteiger partial charge is 0.359 e. The summed E-state index contributed by atoms with van der Waals surface area (Å²) < 4.78 is 24.3. The number of nitrogens with zero attached hydrogens (tertiary/aromatic N) is 3.